The average Bonchev–Trinajstić information content (AvgIpc) is 2.57. The van der Waals surface area contributed by atoms with Crippen LogP contribution in [0.3, 0.4) is 0 Å². The third kappa shape index (κ3) is 3.91. The van der Waals surface area contributed by atoms with Crippen molar-refractivity contribution in [2.45, 2.75) is 26.4 Å². The summed E-state index contributed by atoms with van der Waals surface area (Å²) in [5.74, 6) is -0.308. The van der Waals surface area contributed by atoms with Crippen LogP contribution in [0.1, 0.15) is 23.6 Å². The van der Waals surface area contributed by atoms with Gasteiger partial charge in [-0.15, -0.1) is 0 Å². The van der Waals surface area contributed by atoms with Crippen LogP contribution in [0.4, 0.5) is 4.39 Å². The molecule has 0 saturated carbocycles. The van der Waals surface area contributed by atoms with Crippen molar-refractivity contribution < 1.29 is 13.7 Å². The lowest BCUT2D eigenvalue weighted by Crippen LogP contribution is -3.06. The molecule has 1 N–H and O–H groups in total. The molecule has 1 unspecified atom stereocenters. The van der Waals surface area contributed by atoms with Crippen LogP contribution in [-0.4, -0.2) is 7.05 Å². The van der Waals surface area contributed by atoms with Gasteiger partial charge in [-0.2, -0.15) is 0 Å². The van der Waals surface area contributed by atoms with Crippen LogP contribution < -0.4 is 10.5 Å². The minimum Gasteiger partial charge on any atom is -0.423 e. The van der Waals surface area contributed by atoms with Gasteiger partial charge in [0, 0.05) is 17.0 Å². The summed E-state index contributed by atoms with van der Waals surface area (Å²) in [6, 6.07) is 12.1. The molecule has 0 aliphatic carbocycles. The Morgan fingerprint density at radius 1 is 1.16 bits per heavy atom. The Morgan fingerprint density at radius 2 is 1.96 bits per heavy atom. The highest BCUT2D eigenvalue weighted by Crippen LogP contribution is 2.20. The first-order valence-corrected chi connectivity index (χ1v) is 8.65. The lowest BCUT2D eigenvalue weighted by atomic mass is 10.1. The topological polar surface area (TPSA) is 34.7 Å². The summed E-state index contributed by atoms with van der Waals surface area (Å²) in [7, 11) is 1.95. The fourth-order valence-electron chi connectivity index (χ4n) is 3.03. The molecule has 0 aliphatic heterocycles. The van der Waals surface area contributed by atoms with E-state index in [1.165, 1.54) is 12.1 Å². The normalized spacial score (nSPS) is 12.5. The van der Waals surface area contributed by atoms with E-state index >= 15 is 0 Å². The first kappa shape index (κ1) is 17.6. The van der Waals surface area contributed by atoms with Gasteiger partial charge in [0.25, 0.3) is 0 Å². The van der Waals surface area contributed by atoms with Crippen LogP contribution in [0.5, 0.6) is 0 Å². The summed E-state index contributed by atoms with van der Waals surface area (Å²) in [6.45, 7) is 3.05. The van der Waals surface area contributed by atoms with Crippen LogP contribution in [0.25, 0.3) is 11.0 Å². The predicted molar refractivity (Wildman–Crippen MR) is 97.6 cm³/mol. The number of nitrogens with one attached hydrogen (secondary N) is 1. The number of fused-ring (bicyclic) bond motifs is 1. The number of hydrogen-bond acceptors (Lipinski definition) is 2. The van der Waals surface area contributed by atoms with E-state index in [1.807, 2.05) is 25.2 Å². The van der Waals surface area contributed by atoms with Crippen molar-refractivity contribution in [1.82, 2.24) is 0 Å². The highest BCUT2D eigenvalue weighted by atomic mass is 35.5. The van der Waals surface area contributed by atoms with Gasteiger partial charge >= 0.3 is 5.63 Å². The number of aryl methyl sites for hydroxylation is 1. The molecule has 1 atom stereocenters. The maximum absolute atomic E-state index is 14.0. The Labute approximate surface area is 150 Å². The fraction of sp³-hybridized carbons (Fsp3) is 0.250. The Morgan fingerprint density at radius 3 is 2.68 bits per heavy atom. The van der Waals surface area contributed by atoms with Crippen molar-refractivity contribution in [3.8, 4) is 0 Å². The zero-order chi connectivity index (χ0) is 18.0. The van der Waals surface area contributed by atoms with Crippen molar-refractivity contribution in [1.29, 1.82) is 0 Å². The minimum atomic E-state index is -0.368. The lowest BCUT2D eigenvalue weighted by Gasteiger charge is -2.16. The maximum Gasteiger partial charge on any atom is 0.336 e. The van der Waals surface area contributed by atoms with Gasteiger partial charge in [-0.25, -0.2) is 9.18 Å². The summed E-state index contributed by atoms with van der Waals surface area (Å²) >= 11 is 6.11. The molecule has 0 aliphatic rings. The molecular formula is C20H20ClFNO2+. The lowest BCUT2D eigenvalue weighted by molar-refractivity contribution is -0.907. The summed E-state index contributed by atoms with van der Waals surface area (Å²) in [5, 5.41) is 1.33. The molecule has 3 nitrogen and oxygen atoms in total. The molecule has 1 heterocycles. The zero-order valence-electron chi connectivity index (χ0n) is 14.2. The average molecular weight is 361 g/mol. The van der Waals surface area contributed by atoms with Crippen LogP contribution in [0.15, 0.2) is 51.7 Å². The van der Waals surface area contributed by atoms with E-state index in [-0.39, 0.29) is 11.4 Å². The smallest absolute Gasteiger partial charge is 0.336 e. The third-order valence-electron chi connectivity index (χ3n) is 4.34. The van der Waals surface area contributed by atoms with Crippen LogP contribution >= 0.6 is 11.6 Å². The standard InChI is InChI=1S/C20H19ClFNO2/c1-3-13-7-8-15-14(10-20(24)25-19(15)9-13)11-23(2)12-16-17(21)5-4-6-18(16)22/h4-10H,3,11-12H2,1-2H3/p+1. The number of quaternary nitrogens is 1. The van der Waals surface area contributed by atoms with Gasteiger partial charge in [0.2, 0.25) is 0 Å². The van der Waals surface area contributed by atoms with Gasteiger partial charge in [-0.05, 0) is 30.2 Å². The second-order valence-corrected chi connectivity index (χ2v) is 6.69. The summed E-state index contributed by atoms with van der Waals surface area (Å²) < 4.78 is 19.3. The van der Waals surface area contributed by atoms with Crippen LogP contribution in [0, 0.1) is 5.82 Å². The van der Waals surface area contributed by atoms with Crippen LogP contribution in [-0.2, 0) is 19.5 Å². The second kappa shape index (κ2) is 7.38. The summed E-state index contributed by atoms with van der Waals surface area (Å²) in [5.41, 5.74) is 2.72. The first-order valence-electron chi connectivity index (χ1n) is 8.27. The molecule has 1 aromatic heterocycles. The SMILES string of the molecule is CCc1ccc2c(C[NH+](C)Cc3c(F)cccc3Cl)cc(=O)oc2c1. The molecular weight excluding hydrogens is 341 g/mol. The van der Waals surface area contributed by atoms with E-state index in [2.05, 4.69) is 6.92 Å². The van der Waals surface area contributed by atoms with E-state index in [4.69, 9.17) is 16.0 Å². The highest BCUT2D eigenvalue weighted by Gasteiger charge is 2.15. The Kier molecular flexibility index (Phi) is 5.21. The Bertz CT molecular complexity index is 947. The monoisotopic (exact) mass is 360 g/mol. The molecule has 5 heteroatoms. The molecule has 25 heavy (non-hydrogen) atoms. The molecule has 0 fully saturated rings. The number of hydrogen-bond donors (Lipinski definition) is 1. The molecule has 130 valence electrons. The third-order valence-corrected chi connectivity index (χ3v) is 4.69. The molecule has 0 bridgehead atoms. The van der Waals surface area contributed by atoms with E-state index in [0.717, 1.165) is 27.8 Å². The maximum atomic E-state index is 14.0. The van der Waals surface area contributed by atoms with Gasteiger partial charge in [0.05, 0.1) is 17.6 Å². The van der Waals surface area contributed by atoms with Crippen molar-refractivity contribution >= 4 is 22.6 Å². The van der Waals surface area contributed by atoms with Gasteiger partial charge in [0.15, 0.2) is 0 Å². The van der Waals surface area contributed by atoms with E-state index in [9.17, 15) is 9.18 Å². The van der Waals surface area contributed by atoms with Crippen molar-refractivity contribution in [2.75, 3.05) is 7.05 Å². The predicted octanol–water partition coefficient (Wildman–Crippen LogP) is 3.36. The molecule has 3 aromatic rings. The van der Waals surface area contributed by atoms with Crippen molar-refractivity contribution in [2.24, 2.45) is 0 Å². The summed E-state index contributed by atoms with van der Waals surface area (Å²) in [6.07, 6.45) is 0.876. The summed E-state index contributed by atoms with van der Waals surface area (Å²) in [4.78, 5) is 12.9. The van der Waals surface area contributed by atoms with E-state index in [1.54, 1.807) is 12.1 Å². The van der Waals surface area contributed by atoms with Gasteiger partial charge < -0.3 is 9.32 Å². The second-order valence-electron chi connectivity index (χ2n) is 6.29. The molecule has 3 rings (SSSR count). The number of halogens is 2. The molecule has 0 spiro atoms. The zero-order valence-corrected chi connectivity index (χ0v) is 15.0. The molecule has 2 aromatic carbocycles. The van der Waals surface area contributed by atoms with Crippen molar-refractivity contribution in [3.05, 3.63) is 80.4 Å². The minimum absolute atomic E-state index is 0.308. The van der Waals surface area contributed by atoms with Crippen molar-refractivity contribution in [3.63, 3.8) is 0 Å². The molecule has 0 amide bonds. The van der Waals surface area contributed by atoms with Gasteiger partial charge in [-0.3, -0.25) is 0 Å². The molecule has 0 saturated heterocycles. The fourth-order valence-corrected chi connectivity index (χ4v) is 3.26. The number of benzene rings is 2. The quantitative estimate of drug-likeness (QED) is 0.708. The van der Waals surface area contributed by atoms with Crippen LogP contribution in [0.2, 0.25) is 5.02 Å². The first-order chi connectivity index (χ1) is 12.0. The number of rotatable bonds is 5. The Hall–Kier alpha value is -2.17. The van der Waals surface area contributed by atoms with Gasteiger partial charge in [-0.1, -0.05) is 36.7 Å². The largest absolute Gasteiger partial charge is 0.423 e. The van der Waals surface area contributed by atoms with E-state index < -0.39 is 0 Å². The van der Waals surface area contributed by atoms with E-state index in [0.29, 0.717) is 29.3 Å². The van der Waals surface area contributed by atoms with Gasteiger partial charge in [0.1, 0.15) is 24.5 Å². The Balaban J connectivity index is 1.91. The molecule has 0 radical (unpaired) electrons. The highest BCUT2D eigenvalue weighted by molar-refractivity contribution is 6.31.